The van der Waals surface area contributed by atoms with Crippen molar-refractivity contribution in [2.24, 2.45) is 0 Å². The summed E-state index contributed by atoms with van der Waals surface area (Å²) in [5.74, 6) is 1.07. The van der Waals surface area contributed by atoms with E-state index in [0.717, 1.165) is 10.8 Å². The molecule has 0 saturated heterocycles. The van der Waals surface area contributed by atoms with Crippen LogP contribution in [0.1, 0.15) is 17.3 Å². The van der Waals surface area contributed by atoms with Crippen LogP contribution < -0.4 is 0 Å². The Balaban J connectivity index is 2.59. The molecule has 0 saturated carbocycles. The molecule has 0 aliphatic rings. The maximum atomic E-state index is 11.3. The van der Waals surface area contributed by atoms with Crippen LogP contribution in [0.3, 0.4) is 0 Å². The van der Waals surface area contributed by atoms with Gasteiger partial charge in [-0.3, -0.25) is 0 Å². The number of hydrogen-bond acceptors (Lipinski definition) is 4. The number of alkyl halides is 1. The number of carbonyl (C=O) groups is 1. The summed E-state index contributed by atoms with van der Waals surface area (Å²) in [6.45, 7) is 2.15. The van der Waals surface area contributed by atoms with E-state index in [1.165, 1.54) is 6.20 Å². The highest BCUT2D eigenvalue weighted by Crippen LogP contribution is 2.15. The highest BCUT2D eigenvalue weighted by Gasteiger charge is 2.06. The average Bonchev–Trinajstić information content (AvgIpc) is 2.27. The van der Waals surface area contributed by atoms with Crippen LogP contribution in [-0.2, 0) is 4.74 Å². The van der Waals surface area contributed by atoms with Crippen molar-refractivity contribution >= 4 is 29.3 Å². The van der Waals surface area contributed by atoms with E-state index in [1.54, 1.807) is 30.8 Å². The fraction of sp³-hybridized carbons (Fsp3) is 0.400. The third-order valence-corrected chi connectivity index (χ3v) is 2.93. The number of ether oxygens (including phenoxy) is 1. The van der Waals surface area contributed by atoms with Crippen molar-refractivity contribution in [1.82, 2.24) is 4.98 Å². The normalized spacial score (nSPS) is 10.0. The minimum absolute atomic E-state index is 0.334. The Hall–Kier alpha value is -0.740. The van der Waals surface area contributed by atoms with Gasteiger partial charge in [-0.15, -0.1) is 23.4 Å². The zero-order valence-electron chi connectivity index (χ0n) is 8.40. The van der Waals surface area contributed by atoms with E-state index in [2.05, 4.69) is 4.98 Å². The minimum Gasteiger partial charge on any atom is -0.462 e. The molecule has 0 unspecified atom stereocenters. The molecule has 0 fully saturated rings. The van der Waals surface area contributed by atoms with E-state index >= 15 is 0 Å². The van der Waals surface area contributed by atoms with Crippen LogP contribution in [-0.4, -0.2) is 29.2 Å². The van der Waals surface area contributed by atoms with Crippen LogP contribution >= 0.6 is 23.4 Å². The molecule has 82 valence electrons. The SMILES string of the molecule is CCOC(=O)c1ccc(SCCCl)nc1. The molecule has 0 aromatic carbocycles. The molecule has 1 aromatic rings. The Kier molecular flexibility index (Phi) is 5.50. The van der Waals surface area contributed by atoms with Gasteiger partial charge in [0.15, 0.2) is 0 Å². The first-order valence-electron chi connectivity index (χ1n) is 4.60. The van der Waals surface area contributed by atoms with Crippen LogP contribution in [0.5, 0.6) is 0 Å². The number of thioether (sulfide) groups is 1. The number of pyridine rings is 1. The number of nitrogens with zero attached hydrogens (tertiary/aromatic N) is 1. The van der Waals surface area contributed by atoms with Crippen LogP contribution in [0.25, 0.3) is 0 Å². The summed E-state index contributed by atoms with van der Waals surface area (Å²) >= 11 is 7.11. The zero-order valence-corrected chi connectivity index (χ0v) is 9.98. The molecule has 5 heteroatoms. The Morgan fingerprint density at radius 2 is 2.40 bits per heavy atom. The van der Waals surface area contributed by atoms with Crippen molar-refractivity contribution < 1.29 is 9.53 Å². The molecule has 1 aromatic heterocycles. The van der Waals surface area contributed by atoms with Crippen LogP contribution in [0.15, 0.2) is 23.4 Å². The summed E-state index contributed by atoms with van der Waals surface area (Å²) in [7, 11) is 0. The fourth-order valence-corrected chi connectivity index (χ4v) is 1.75. The summed E-state index contributed by atoms with van der Waals surface area (Å²) < 4.78 is 4.84. The second kappa shape index (κ2) is 6.69. The van der Waals surface area contributed by atoms with E-state index < -0.39 is 0 Å². The Morgan fingerprint density at radius 3 is 2.93 bits per heavy atom. The summed E-state index contributed by atoms with van der Waals surface area (Å²) in [5, 5.41) is 0.865. The number of halogens is 1. The van der Waals surface area contributed by atoms with Gasteiger partial charge in [0.2, 0.25) is 0 Å². The highest BCUT2D eigenvalue weighted by molar-refractivity contribution is 7.99. The number of rotatable bonds is 5. The van der Waals surface area contributed by atoms with Crippen molar-refractivity contribution in [2.75, 3.05) is 18.2 Å². The molecule has 15 heavy (non-hydrogen) atoms. The summed E-state index contributed by atoms with van der Waals surface area (Å²) in [5.41, 5.74) is 0.479. The van der Waals surface area contributed by atoms with Gasteiger partial charge in [-0.1, -0.05) is 0 Å². The molecule has 1 heterocycles. The molecule has 0 aliphatic carbocycles. The Morgan fingerprint density at radius 1 is 1.60 bits per heavy atom. The summed E-state index contributed by atoms with van der Waals surface area (Å²) in [4.78, 5) is 15.4. The van der Waals surface area contributed by atoms with Gasteiger partial charge < -0.3 is 4.74 Å². The third-order valence-electron chi connectivity index (χ3n) is 1.57. The minimum atomic E-state index is -0.334. The molecule has 0 aliphatic heterocycles. The molecule has 3 nitrogen and oxygen atoms in total. The van der Waals surface area contributed by atoms with Crippen LogP contribution in [0.2, 0.25) is 0 Å². The van der Waals surface area contributed by atoms with Gasteiger partial charge in [-0.2, -0.15) is 0 Å². The van der Waals surface area contributed by atoms with Crippen molar-refractivity contribution in [2.45, 2.75) is 11.9 Å². The first-order valence-corrected chi connectivity index (χ1v) is 6.12. The largest absolute Gasteiger partial charge is 0.462 e. The first-order chi connectivity index (χ1) is 7.27. The Labute approximate surface area is 98.2 Å². The smallest absolute Gasteiger partial charge is 0.339 e. The van der Waals surface area contributed by atoms with Gasteiger partial charge in [0.05, 0.1) is 17.2 Å². The first kappa shape index (κ1) is 12.3. The lowest BCUT2D eigenvalue weighted by atomic mass is 10.3. The van der Waals surface area contributed by atoms with Gasteiger partial charge in [0, 0.05) is 17.8 Å². The number of esters is 1. The van der Waals surface area contributed by atoms with Gasteiger partial charge in [-0.25, -0.2) is 9.78 Å². The maximum absolute atomic E-state index is 11.3. The molecule has 0 atom stereocenters. The molecular formula is C10H12ClNO2S. The van der Waals surface area contributed by atoms with Crippen LogP contribution in [0.4, 0.5) is 0 Å². The fourth-order valence-electron chi connectivity index (χ4n) is 0.944. The van der Waals surface area contributed by atoms with E-state index in [1.807, 2.05) is 0 Å². The molecule has 0 radical (unpaired) electrons. The summed E-state index contributed by atoms with van der Waals surface area (Å²) in [6.07, 6.45) is 1.52. The molecule has 0 N–H and O–H groups in total. The van der Waals surface area contributed by atoms with Gasteiger partial charge in [-0.05, 0) is 19.1 Å². The van der Waals surface area contributed by atoms with Crippen molar-refractivity contribution in [3.63, 3.8) is 0 Å². The molecule has 1 rings (SSSR count). The zero-order chi connectivity index (χ0) is 11.1. The monoisotopic (exact) mass is 245 g/mol. The lowest BCUT2D eigenvalue weighted by molar-refractivity contribution is 0.0525. The quantitative estimate of drug-likeness (QED) is 0.454. The lowest BCUT2D eigenvalue weighted by Crippen LogP contribution is -2.04. The standard InChI is InChI=1S/C10H12ClNO2S/c1-2-14-10(13)8-3-4-9(12-7-8)15-6-5-11/h3-4,7H,2,5-6H2,1H3. The predicted octanol–water partition coefficient (Wildman–Crippen LogP) is 2.59. The molecule has 0 spiro atoms. The van der Waals surface area contributed by atoms with Crippen LogP contribution in [0, 0.1) is 0 Å². The second-order valence-corrected chi connectivity index (χ2v) is 4.14. The van der Waals surface area contributed by atoms with Gasteiger partial charge in [0.1, 0.15) is 0 Å². The lowest BCUT2D eigenvalue weighted by Gasteiger charge is -2.02. The number of carbonyl (C=O) groups excluding carboxylic acids is 1. The number of hydrogen-bond donors (Lipinski definition) is 0. The molecule has 0 bridgehead atoms. The van der Waals surface area contributed by atoms with Crippen molar-refractivity contribution in [3.8, 4) is 0 Å². The average molecular weight is 246 g/mol. The van der Waals surface area contributed by atoms with E-state index in [4.69, 9.17) is 16.3 Å². The molecule has 0 amide bonds. The Bertz CT molecular complexity index is 316. The van der Waals surface area contributed by atoms with Gasteiger partial charge >= 0.3 is 5.97 Å². The number of aromatic nitrogens is 1. The maximum Gasteiger partial charge on any atom is 0.339 e. The van der Waals surface area contributed by atoms with E-state index in [-0.39, 0.29) is 5.97 Å². The second-order valence-electron chi connectivity index (χ2n) is 2.64. The van der Waals surface area contributed by atoms with E-state index in [0.29, 0.717) is 18.1 Å². The topological polar surface area (TPSA) is 39.2 Å². The highest BCUT2D eigenvalue weighted by atomic mass is 35.5. The van der Waals surface area contributed by atoms with Gasteiger partial charge in [0.25, 0.3) is 0 Å². The third kappa shape index (κ3) is 4.10. The summed E-state index contributed by atoms with van der Waals surface area (Å²) in [6, 6.07) is 3.50. The predicted molar refractivity (Wildman–Crippen MR) is 61.6 cm³/mol. The molecular weight excluding hydrogens is 234 g/mol. The van der Waals surface area contributed by atoms with Crippen molar-refractivity contribution in [3.05, 3.63) is 23.9 Å². The van der Waals surface area contributed by atoms with E-state index in [9.17, 15) is 4.79 Å². The van der Waals surface area contributed by atoms with Crippen molar-refractivity contribution in [1.29, 1.82) is 0 Å².